The summed E-state index contributed by atoms with van der Waals surface area (Å²) in [5, 5.41) is 3.68. The fraction of sp³-hybridized carbons (Fsp3) is 0.526. The van der Waals surface area contributed by atoms with Crippen LogP contribution in [0.15, 0.2) is 23.0 Å². The number of ether oxygens (including phenoxy) is 1. The number of nitrogens with one attached hydrogen (secondary N) is 1. The molecule has 26 heavy (non-hydrogen) atoms. The molecular formula is C19H24ClN3O3. The number of hydrogen-bond donors (Lipinski definition) is 1. The van der Waals surface area contributed by atoms with Crippen molar-refractivity contribution in [2.75, 3.05) is 0 Å². The van der Waals surface area contributed by atoms with E-state index in [-0.39, 0.29) is 11.6 Å². The number of halogens is 1. The molecule has 0 aliphatic heterocycles. The fourth-order valence-electron chi connectivity index (χ4n) is 2.95. The minimum Gasteiger partial charge on any atom is -0.444 e. The maximum absolute atomic E-state index is 13.1. The summed E-state index contributed by atoms with van der Waals surface area (Å²) in [5.74, 6) is 0.556. The number of alkyl carbamates (subject to hydrolysis) is 1. The van der Waals surface area contributed by atoms with Gasteiger partial charge < -0.3 is 10.1 Å². The molecule has 3 rings (SSSR count). The molecule has 1 atom stereocenters. The third-order valence-corrected chi connectivity index (χ3v) is 4.54. The molecule has 1 heterocycles. The summed E-state index contributed by atoms with van der Waals surface area (Å²) < 4.78 is 7.05. The summed E-state index contributed by atoms with van der Waals surface area (Å²) in [6.07, 6.45) is 1.91. The van der Waals surface area contributed by atoms with Crippen LogP contribution in [0.4, 0.5) is 4.79 Å². The Kier molecular flexibility index (Phi) is 4.97. The van der Waals surface area contributed by atoms with Crippen LogP contribution in [0.1, 0.15) is 64.9 Å². The average molecular weight is 378 g/mol. The highest BCUT2D eigenvalue weighted by molar-refractivity contribution is 6.35. The third-order valence-electron chi connectivity index (χ3n) is 4.23. The predicted octanol–water partition coefficient (Wildman–Crippen LogP) is 4.36. The standard InChI is InChI=1S/C19H24ClN3O3/c1-5-13(22-18(25)26-19(2,3)4)16-21-14-8-6-7-12(20)15(14)17(24)23(16)11-9-10-11/h6-8,11,13H,5,9-10H2,1-4H3,(H,22,25)/t13-/m0/s1. The zero-order valence-corrected chi connectivity index (χ0v) is 16.3. The maximum atomic E-state index is 13.1. The monoisotopic (exact) mass is 377 g/mol. The van der Waals surface area contributed by atoms with E-state index in [0.717, 1.165) is 12.8 Å². The van der Waals surface area contributed by atoms with Crippen molar-refractivity contribution in [1.29, 1.82) is 0 Å². The first-order chi connectivity index (χ1) is 12.2. The van der Waals surface area contributed by atoms with Gasteiger partial charge in [-0.1, -0.05) is 24.6 Å². The summed E-state index contributed by atoms with van der Waals surface area (Å²) in [7, 11) is 0. The molecule has 1 aromatic carbocycles. The average Bonchev–Trinajstić information content (AvgIpc) is 3.35. The molecule has 0 saturated heterocycles. The van der Waals surface area contributed by atoms with Gasteiger partial charge in [0.05, 0.1) is 22.0 Å². The van der Waals surface area contributed by atoms with Gasteiger partial charge in [-0.2, -0.15) is 0 Å². The van der Waals surface area contributed by atoms with Crippen LogP contribution in [-0.4, -0.2) is 21.2 Å². The first-order valence-electron chi connectivity index (χ1n) is 8.91. The number of fused-ring (bicyclic) bond motifs is 1. The van der Waals surface area contributed by atoms with E-state index in [9.17, 15) is 9.59 Å². The SMILES string of the molecule is CC[C@H](NC(=O)OC(C)(C)C)c1nc2cccc(Cl)c2c(=O)n1C1CC1. The van der Waals surface area contributed by atoms with Gasteiger partial charge in [0, 0.05) is 6.04 Å². The molecule has 2 aromatic rings. The van der Waals surface area contributed by atoms with Gasteiger partial charge in [-0.3, -0.25) is 9.36 Å². The molecule has 0 unspecified atom stereocenters. The van der Waals surface area contributed by atoms with E-state index in [1.165, 1.54) is 0 Å². The van der Waals surface area contributed by atoms with Gasteiger partial charge in [-0.15, -0.1) is 0 Å². The van der Waals surface area contributed by atoms with Crippen molar-refractivity contribution < 1.29 is 9.53 Å². The smallest absolute Gasteiger partial charge is 0.408 e. The maximum Gasteiger partial charge on any atom is 0.408 e. The summed E-state index contributed by atoms with van der Waals surface area (Å²) in [6.45, 7) is 7.37. The second-order valence-corrected chi connectivity index (χ2v) is 8.02. The van der Waals surface area contributed by atoms with E-state index >= 15 is 0 Å². The van der Waals surface area contributed by atoms with Crippen molar-refractivity contribution in [2.24, 2.45) is 0 Å². The van der Waals surface area contributed by atoms with Crippen LogP contribution >= 0.6 is 11.6 Å². The van der Waals surface area contributed by atoms with E-state index in [4.69, 9.17) is 16.3 Å². The summed E-state index contributed by atoms with van der Waals surface area (Å²) in [4.78, 5) is 30.0. The molecule has 1 aliphatic carbocycles. The first kappa shape index (κ1) is 18.7. The lowest BCUT2D eigenvalue weighted by Crippen LogP contribution is -2.38. The third kappa shape index (κ3) is 3.85. The molecule has 6 nitrogen and oxygen atoms in total. The summed E-state index contributed by atoms with van der Waals surface area (Å²) >= 11 is 6.24. The van der Waals surface area contributed by atoms with Crippen LogP contribution in [0.5, 0.6) is 0 Å². The fourth-order valence-corrected chi connectivity index (χ4v) is 3.20. The van der Waals surface area contributed by atoms with Gasteiger partial charge in [-0.25, -0.2) is 9.78 Å². The Morgan fingerprint density at radius 3 is 2.69 bits per heavy atom. The number of aromatic nitrogens is 2. The lowest BCUT2D eigenvalue weighted by molar-refractivity contribution is 0.0498. The Hall–Kier alpha value is -2.08. The van der Waals surface area contributed by atoms with E-state index in [1.54, 1.807) is 22.8 Å². The molecule has 0 spiro atoms. The van der Waals surface area contributed by atoms with E-state index < -0.39 is 17.7 Å². The minimum atomic E-state index is -0.594. The Balaban J connectivity index is 2.06. The molecule has 7 heteroatoms. The molecule has 0 bridgehead atoms. The van der Waals surface area contributed by atoms with Gasteiger partial charge in [0.2, 0.25) is 0 Å². The highest BCUT2D eigenvalue weighted by Crippen LogP contribution is 2.36. The van der Waals surface area contributed by atoms with Crippen molar-refractivity contribution >= 4 is 28.6 Å². The molecule has 140 valence electrons. The predicted molar refractivity (Wildman–Crippen MR) is 102 cm³/mol. The molecule has 1 fully saturated rings. The summed E-state index contributed by atoms with van der Waals surface area (Å²) in [5.41, 5.74) is -0.204. The second-order valence-electron chi connectivity index (χ2n) is 7.62. The van der Waals surface area contributed by atoms with Crippen LogP contribution in [0.25, 0.3) is 10.9 Å². The first-order valence-corrected chi connectivity index (χ1v) is 9.29. The van der Waals surface area contributed by atoms with E-state index in [0.29, 0.717) is 28.2 Å². The topological polar surface area (TPSA) is 73.2 Å². The van der Waals surface area contributed by atoms with Crippen LogP contribution < -0.4 is 10.9 Å². The zero-order chi connectivity index (χ0) is 19.1. The molecular weight excluding hydrogens is 354 g/mol. The molecule has 1 N–H and O–H groups in total. The zero-order valence-electron chi connectivity index (χ0n) is 15.5. The minimum absolute atomic E-state index is 0.111. The molecule has 1 amide bonds. The van der Waals surface area contributed by atoms with Gasteiger partial charge >= 0.3 is 6.09 Å². The Morgan fingerprint density at radius 1 is 1.42 bits per heavy atom. The van der Waals surface area contributed by atoms with Crippen molar-refractivity contribution in [2.45, 2.75) is 64.6 Å². The number of amides is 1. The Morgan fingerprint density at radius 2 is 2.12 bits per heavy atom. The van der Waals surface area contributed by atoms with Crippen LogP contribution in [0.2, 0.25) is 5.02 Å². The van der Waals surface area contributed by atoms with Crippen LogP contribution in [0.3, 0.4) is 0 Å². The van der Waals surface area contributed by atoms with Crippen LogP contribution in [-0.2, 0) is 4.74 Å². The van der Waals surface area contributed by atoms with Gasteiger partial charge in [0.15, 0.2) is 0 Å². The number of carbonyl (C=O) groups is 1. The van der Waals surface area contributed by atoms with E-state index in [1.807, 2.05) is 27.7 Å². The number of hydrogen-bond acceptors (Lipinski definition) is 4. The summed E-state index contributed by atoms with van der Waals surface area (Å²) in [6, 6.07) is 4.93. The Bertz CT molecular complexity index is 897. The van der Waals surface area contributed by atoms with Crippen LogP contribution in [0, 0.1) is 0 Å². The van der Waals surface area contributed by atoms with Crippen molar-refractivity contribution in [3.8, 4) is 0 Å². The lowest BCUT2D eigenvalue weighted by atomic mass is 10.1. The number of nitrogens with zero attached hydrogens (tertiary/aromatic N) is 2. The highest BCUT2D eigenvalue weighted by atomic mass is 35.5. The Labute approximate surface area is 157 Å². The molecule has 1 aromatic heterocycles. The van der Waals surface area contributed by atoms with Crippen molar-refractivity contribution in [1.82, 2.24) is 14.9 Å². The van der Waals surface area contributed by atoms with Crippen molar-refractivity contribution in [3.63, 3.8) is 0 Å². The highest BCUT2D eigenvalue weighted by Gasteiger charge is 2.32. The van der Waals surface area contributed by atoms with Gasteiger partial charge in [0.1, 0.15) is 11.4 Å². The molecule has 1 aliphatic rings. The van der Waals surface area contributed by atoms with Crippen molar-refractivity contribution in [3.05, 3.63) is 39.4 Å². The lowest BCUT2D eigenvalue weighted by Gasteiger charge is -2.24. The van der Waals surface area contributed by atoms with Gasteiger partial charge in [0.25, 0.3) is 5.56 Å². The normalized spacial score (nSPS) is 15.7. The molecule has 0 radical (unpaired) electrons. The van der Waals surface area contributed by atoms with E-state index in [2.05, 4.69) is 10.3 Å². The number of rotatable bonds is 4. The second kappa shape index (κ2) is 6.91. The van der Waals surface area contributed by atoms with Gasteiger partial charge in [-0.05, 0) is 52.2 Å². The number of benzene rings is 1. The quantitative estimate of drug-likeness (QED) is 0.859. The number of carbonyl (C=O) groups excluding carboxylic acids is 1. The largest absolute Gasteiger partial charge is 0.444 e. The molecule has 1 saturated carbocycles.